The van der Waals surface area contributed by atoms with Gasteiger partial charge in [-0.15, -0.1) is 0 Å². The van der Waals surface area contributed by atoms with E-state index in [0.717, 1.165) is 0 Å². The van der Waals surface area contributed by atoms with Gasteiger partial charge in [0.2, 0.25) is 5.95 Å². The zero-order chi connectivity index (χ0) is 20.5. The van der Waals surface area contributed by atoms with E-state index in [1.165, 1.54) is 6.33 Å². The number of amides is 1. The van der Waals surface area contributed by atoms with E-state index >= 15 is 0 Å². The van der Waals surface area contributed by atoms with E-state index in [4.69, 9.17) is 27.9 Å². The number of methoxy groups -OCH3 is 1. The summed E-state index contributed by atoms with van der Waals surface area (Å²) in [5.74, 6) is 0.773. The third-order valence-corrected chi connectivity index (χ3v) is 5.21. The second-order valence-corrected chi connectivity index (χ2v) is 7.26. The van der Waals surface area contributed by atoms with Crippen molar-refractivity contribution in [2.45, 2.75) is 13.0 Å². The van der Waals surface area contributed by atoms with Gasteiger partial charge in [0.25, 0.3) is 5.91 Å². The summed E-state index contributed by atoms with van der Waals surface area (Å²) in [5.41, 5.74) is 2.35. The average Bonchev–Trinajstić information content (AvgIpc) is 3.15. The summed E-state index contributed by atoms with van der Waals surface area (Å²) >= 11 is 12.5. The van der Waals surface area contributed by atoms with Crippen molar-refractivity contribution in [1.82, 2.24) is 14.8 Å². The minimum atomic E-state index is -0.576. The van der Waals surface area contributed by atoms with Crippen molar-refractivity contribution in [3.8, 4) is 5.75 Å². The van der Waals surface area contributed by atoms with E-state index in [1.807, 2.05) is 19.1 Å². The van der Waals surface area contributed by atoms with Crippen LogP contribution in [-0.2, 0) is 4.79 Å². The van der Waals surface area contributed by atoms with Gasteiger partial charge in [-0.05, 0) is 31.2 Å². The lowest BCUT2D eigenvalue weighted by molar-refractivity contribution is -0.113. The summed E-state index contributed by atoms with van der Waals surface area (Å²) in [6.45, 7) is 1.81. The van der Waals surface area contributed by atoms with E-state index in [0.29, 0.717) is 44.3 Å². The number of fused-ring (bicyclic) bond motifs is 1. The van der Waals surface area contributed by atoms with Crippen molar-refractivity contribution in [2.75, 3.05) is 17.7 Å². The molecule has 2 aromatic carbocycles. The van der Waals surface area contributed by atoms with Crippen LogP contribution in [0.5, 0.6) is 5.75 Å². The van der Waals surface area contributed by atoms with Crippen molar-refractivity contribution < 1.29 is 9.53 Å². The van der Waals surface area contributed by atoms with Crippen LogP contribution in [0.3, 0.4) is 0 Å². The number of hydrogen-bond donors (Lipinski definition) is 2. The van der Waals surface area contributed by atoms with Crippen LogP contribution in [0.1, 0.15) is 18.5 Å². The fourth-order valence-corrected chi connectivity index (χ4v) is 3.85. The van der Waals surface area contributed by atoms with E-state index in [-0.39, 0.29) is 5.91 Å². The highest BCUT2D eigenvalue weighted by Gasteiger charge is 2.34. The number of para-hydroxylation sites is 2. The van der Waals surface area contributed by atoms with Crippen LogP contribution in [0.25, 0.3) is 0 Å². The zero-order valence-corrected chi connectivity index (χ0v) is 17.1. The fourth-order valence-electron chi connectivity index (χ4n) is 3.33. The highest BCUT2D eigenvalue weighted by Crippen LogP contribution is 2.39. The molecule has 2 N–H and O–H groups in total. The van der Waals surface area contributed by atoms with Crippen molar-refractivity contribution >= 4 is 40.7 Å². The van der Waals surface area contributed by atoms with Crippen LogP contribution >= 0.6 is 23.2 Å². The molecule has 4 rings (SSSR count). The Morgan fingerprint density at radius 2 is 2.03 bits per heavy atom. The summed E-state index contributed by atoms with van der Waals surface area (Å²) in [5, 5.41) is 11.3. The van der Waals surface area contributed by atoms with Gasteiger partial charge < -0.3 is 15.4 Å². The molecule has 3 aromatic rings. The van der Waals surface area contributed by atoms with Crippen LogP contribution in [0.15, 0.2) is 60.1 Å². The number of ether oxygens (including phenoxy) is 1. The molecule has 148 valence electrons. The van der Waals surface area contributed by atoms with Gasteiger partial charge in [0.15, 0.2) is 0 Å². The number of hydrogen-bond acceptors (Lipinski definition) is 5. The van der Waals surface area contributed by atoms with Crippen molar-refractivity contribution in [3.63, 3.8) is 0 Å². The molecular weight excluding hydrogens is 413 g/mol. The largest absolute Gasteiger partial charge is 0.495 e. The van der Waals surface area contributed by atoms with Crippen molar-refractivity contribution in [1.29, 1.82) is 0 Å². The molecule has 1 amide bonds. The first-order valence-corrected chi connectivity index (χ1v) is 9.51. The normalized spacial score (nSPS) is 15.5. The minimum absolute atomic E-state index is 0.309. The molecule has 1 aliphatic heterocycles. The monoisotopic (exact) mass is 429 g/mol. The summed E-state index contributed by atoms with van der Waals surface area (Å²) < 4.78 is 6.96. The van der Waals surface area contributed by atoms with Gasteiger partial charge in [-0.1, -0.05) is 41.4 Å². The quantitative estimate of drug-likeness (QED) is 0.636. The van der Waals surface area contributed by atoms with E-state index in [1.54, 1.807) is 42.1 Å². The third-order valence-electron chi connectivity index (χ3n) is 4.65. The molecule has 0 radical (unpaired) electrons. The Morgan fingerprint density at radius 3 is 2.79 bits per heavy atom. The molecule has 0 saturated carbocycles. The number of carbonyl (C=O) groups excluding carboxylic acids is 1. The molecule has 0 unspecified atom stereocenters. The number of benzene rings is 2. The van der Waals surface area contributed by atoms with Gasteiger partial charge in [-0.2, -0.15) is 10.1 Å². The van der Waals surface area contributed by atoms with Gasteiger partial charge in [0, 0.05) is 21.3 Å². The van der Waals surface area contributed by atoms with Gasteiger partial charge >= 0.3 is 0 Å². The summed E-state index contributed by atoms with van der Waals surface area (Å²) in [6, 6.07) is 11.8. The Kier molecular flexibility index (Phi) is 5.17. The Balaban J connectivity index is 1.80. The molecule has 2 heterocycles. The smallest absolute Gasteiger partial charge is 0.255 e. The number of anilines is 2. The highest BCUT2D eigenvalue weighted by molar-refractivity contribution is 6.35. The fraction of sp³-hybridized carbons (Fsp3) is 0.150. The first kappa shape index (κ1) is 19.3. The van der Waals surface area contributed by atoms with Crippen LogP contribution in [0.4, 0.5) is 11.6 Å². The summed E-state index contributed by atoms with van der Waals surface area (Å²) in [4.78, 5) is 17.6. The Bertz CT molecular complexity index is 1130. The molecule has 1 atom stereocenters. The van der Waals surface area contributed by atoms with E-state index in [2.05, 4.69) is 20.7 Å². The molecule has 0 spiro atoms. The van der Waals surface area contributed by atoms with Crippen LogP contribution < -0.4 is 15.4 Å². The SMILES string of the molecule is COc1ccccc1NC(=O)C1=C(C)Nc2ncnn2[C@H]1c1ccc(Cl)cc1Cl. The van der Waals surface area contributed by atoms with Gasteiger partial charge in [0.05, 0.1) is 18.4 Å². The van der Waals surface area contributed by atoms with Crippen molar-refractivity contribution in [3.05, 3.63) is 75.7 Å². The maximum atomic E-state index is 13.3. The van der Waals surface area contributed by atoms with E-state index in [9.17, 15) is 4.79 Å². The molecule has 1 aliphatic rings. The van der Waals surface area contributed by atoms with Crippen molar-refractivity contribution in [2.24, 2.45) is 0 Å². The lowest BCUT2D eigenvalue weighted by atomic mass is 9.95. The first-order valence-electron chi connectivity index (χ1n) is 8.76. The number of nitrogens with zero attached hydrogens (tertiary/aromatic N) is 3. The number of aromatic nitrogens is 3. The molecule has 7 nitrogen and oxygen atoms in total. The molecule has 0 fully saturated rings. The molecule has 0 aliphatic carbocycles. The van der Waals surface area contributed by atoms with Gasteiger partial charge in [0.1, 0.15) is 18.1 Å². The number of rotatable bonds is 4. The van der Waals surface area contributed by atoms with Gasteiger partial charge in [-0.3, -0.25) is 4.79 Å². The number of halogens is 2. The summed E-state index contributed by atoms with van der Waals surface area (Å²) in [7, 11) is 1.55. The van der Waals surface area contributed by atoms with Crippen LogP contribution in [0.2, 0.25) is 10.0 Å². The lowest BCUT2D eigenvalue weighted by Gasteiger charge is -2.29. The number of carbonyl (C=O) groups is 1. The molecule has 0 bridgehead atoms. The Hall–Kier alpha value is -3.03. The number of nitrogens with one attached hydrogen (secondary N) is 2. The Labute approximate surface area is 177 Å². The second-order valence-electron chi connectivity index (χ2n) is 6.41. The topological polar surface area (TPSA) is 81.1 Å². The molecule has 1 aromatic heterocycles. The maximum Gasteiger partial charge on any atom is 0.255 e. The van der Waals surface area contributed by atoms with E-state index < -0.39 is 6.04 Å². The lowest BCUT2D eigenvalue weighted by Crippen LogP contribution is -2.31. The molecule has 29 heavy (non-hydrogen) atoms. The predicted octanol–water partition coefficient (Wildman–Crippen LogP) is 4.52. The Morgan fingerprint density at radius 1 is 1.24 bits per heavy atom. The average molecular weight is 430 g/mol. The predicted molar refractivity (Wildman–Crippen MR) is 113 cm³/mol. The maximum absolute atomic E-state index is 13.3. The zero-order valence-electron chi connectivity index (χ0n) is 15.6. The summed E-state index contributed by atoms with van der Waals surface area (Å²) in [6.07, 6.45) is 1.42. The van der Waals surface area contributed by atoms with Crippen LogP contribution in [-0.4, -0.2) is 27.8 Å². The van der Waals surface area contributed by atoms with Gasteiger partial charge in [-0.25, -0.2) is 4.68 Å². The highest BCUT2D eigenvalue weighted by atomic mass is 35.5. The minimum Gasteiger partial charge on any atom is -0.495 e. The molecule has 9 heteroatoms. The molecule has 0 saturated heterocycles. The number of allylic oxidation sites excluding steroid dienone is 1. The first-order chi connectivity index (χ1) is 14.0. The molecular formula is C20H17Cl2N5O2. The second kappa shape index (κ2) is 7.77. The standard InChI is InChI=1S/C20H17Cl2N5O2/c1-11-17(19(28)26-15-5-3-4-6-16(15)29-2)18(27-20(25-11)23-10-24-27)13-8-7-12(21)9-14(13)22/h3-10,18H,1-2H3,(H,26,28)(H,23,24,25)/t18-/m0/s1. The third kappa shape index (κ3) is 3.54. The van der Waals surface area contributed by atoms with Crippen LogP contribution in [0, 0.1) is 0 Å².